The van der Waals surface area contributed by atoms with E-state index in [1.54, 1.807) is 6.92 Å². The van der Waals surface area contributed by atoms with Crippen LogP contribution in [0.3, 0.4) is 0 Å². The average molecular weight is 379 g/mol. The van der Waals surface area contributed by atoms with Crippen LogP contribution >= 0.6 is 0 Å². The molecule has 0 amide bonds. The van der Waals surface area contributed by atoms with E-state index in [0.717, 1.165) is 24.3 Å². The van der Waals surface area contributed by atoms with E-state index in [1.165, 1.54) is 37.0 Å². The summed E-state index contributed by atoms with van der Waals surface area (Å²) in [5.74, 6) is 0.975. The number of ketones is 1. The quantitative estimate of drug-likeness (QED) is 0.521. The molecule has 152 valence electrons. The van der Waals surface area contributed by atoms with Gasteiger partial charge in [0.15, 0.2) is 0 Å². The van der Waals surface area contributed by atoms with Crippen LogP contribution in [0.1, 0.15) is 51.0 Å². The Morgan fingerprint density at radius 3 is 2.48 bits per heavy atom. The van der Waals surface area contributed by atoms with Gasteiger partial charge < -0.3 is 24.9 Å². The zero-order chi connectivity index (χ0) is 19.7. The second-order valence-corrected chi connectivity index (χ2v) is 8.38. The van der Waals surface area contributed by atoms with Crippen LogP contribution in [0.5, 0.6) is 5.75 Å². The summed E-state index contributed by atoms with van der Waals surface area (Å²) >= 11 is 0. The molecule has 0 saturated heterocycles. The van der Waals surface area contributed by atoms with E-state index >= 15 is 0 Å². The maximum atomic E-state index is 11.0. The number of aliphatic hydroxyl groups is 1. The number of nitrogens with two attached hydrogens (primary N) is 1. The number of quaternary nitrogens is 2. The van der Waals surface area contributed by atoms with Gasteiger partial charge in [-0.15, -0.1) is 0 Å². The number of nitrogens with one attached hydrogen (secondary N) is 1. The van der Waals surface area contributed by atoms with E-state index in [0.29, 0.717) is 25.1 Å². The molecule has 1 fully saturated rings. The number of rotatable bonds is 11. The molecule has 2 rings (SSSR count). The summed E-state index contributed by atoms with van der Waals surface area (Å²) in [5.41, 5.74) is 1.49. The molecular weight excluding hydrogens is 340 g/mol. The predicted octanol–water partition coefficient (Wildman–Crippen LogP) is 0.359. The third kappa shape index (κ3) is 7.24. The molecule has 0 aliphatic heterocycles. The topological polar surface area (TPSA) is 67.6 Å². The lowest BCUT2D eigenvalue weighted by atomic mass is 9.80. The zero-order valence-corrected chi connectivity index (χ0v) is 17.3. The van der Waals surface area contributed by atoms with Gasteiger partial charge >= 0.3 is 0 Å². The Morgan fingerprint density at radius 1 is 1.22 bits per heavy atom. The molecule has 1 aliphatic carbocycles. The number of Topliss-reactive ketones (excluding diaryl/α,β-unsaturated/α-hetero) is 1. The van der Waals surface area contributed by atoms with Crippen molar-refractivity contribution in [2.75, 3.05) is 33.8 Å². The second-order valence-electron chi connectivity index (χ2n) is 8.38. The first-order chi connectivity index (χ1) is 12.9. The van der Waals surface area contributed by atoms with Gasteiger partial charge in [-0.3, -0.25) is 0 Å². The number of aryl methyl sites for hydroxylation is 1. The minimum Gasteiger partial charge on any atom is -0.491 e. The highest BCUT2D eigenvalue weighted by Gasteiger charge is 2.39. The molecule has 0 bridgehead atoms. The van der Waals surface area contributed by atoms with Crippen molar-refractivity contribution >= 4 is 5.78 Å². The molecule has 1 aromatic rings. The highest BCUT2D eigenvalue weighted by molar-refractivity contribution is 5.75. The number of aliphatic hydroxyl groups excluding tert-OH is 1. The Kier molecular flexibility index (Phi) is 8.74. The van der Waals surface area contributed by atoms with Gasteiger partial charge in [-0.2, -0.15) is 0 Å². The number of hydrogen-bond acceptors (Lipinski definition) is 3. The first-order valence-electron chi connectivity index (χ1n) is 10.4. The van der Waals surface area contributed by atoms with Crippen molar-refractivity contribution < 1.29 is 24.9 Å². The van der Waals surface area contributed by atoms with E-state index in [2.05, 4.69) is 19.4 Å². The number of hydrogen-bond donors (Lipinski definition) is 3. The van der Waals surface area contributed by atoms with E-state index < -0.39 is 6.10 Å². The molecule has 0 radical (unpaired) electrons. The largest absolute Gasteiger partial charge is 0.491 e. The van der Waals surface area contributed by atoms with E-state index in [-0.39, 0.29) is 5.78 Å². The number of carbonyl (C=O) groups excluding carboxylic acids is 1. The smallest absolute Gasteiger partial charge is 0.146 e. The van der Waals surface area contributed by atoms with E-state index in [9.17, 15) is 9.90 Å². The van der Waals surface area contributed by atoms with Gasteiger partial charge in [-0.1, -0.05) is 18.6 Å². The van der Waals surface area contributed by atoms with Gasteiger partial charge in [0.25, 0.3) is 0 Å². The third-order valence-corrected chi connectivity index (χ3v) is 5.98. The molecule has 27 heavy (non-hydrogen) atoms. The fourth-order valence-corrected chi connectivity index (χ4v) is 4.02. The molecule has 0 unspecified atom stereocenters. The second kappa shape index (κ2) is 10.8. The summed E-state index contributed by atoms with van der Waals surface area (Å²) in [6.07, 6.45) is 7.45. The van der Waals surface area contributed by atoms with Crippen molar-refractivity contribution in [3.05, 3.63) is 29.8 Å². The predicted molar refractivity (Wildman–Crippen MR) is 107 cm³/mol. The molecule has 1 saturated carbocycles. The van der Waals surface area contributed by atoms with Gasteiger partial charge in [0, 0.05) is 19.3 Å². The monoisotopic (exact) mass is 378 g/mol. The maximum Gasteiger partial charge on any atom is 0.146 e. The first kappa shape index (κ1) is 21.9. The summed E-state index contributed by atoms with van der Waals surface area (Å²) < 4.78 is 5.72. The van der Waals surface area contributed by atoms with Crippen LogP contribution in [0.4, 0.5) is 0 Å². The normalized spacial score (nSPS) is 17.7. The van der Waals surface area contributed by atoms with Crippen molar-refractivity contribution in [1.82, 2.24) is 0 Å². The van der Waals surface area contributed by atoms with Crippen LogP contribution in [0.25, 0.3) is 0 Å². The summed E-state index contributed by atoms with van der Waals surface area (Å²) in [7, 11) is 4.53. The van der Waals surface area contributed by atoms with Crippen LogP contribution < -0.4 is 15.0 Å². The Bertz CT molecular complexity index is 565. The van der Waals surface area contributed by atoms with E-state index in [4.69, 9.17) is 4.74 Å². The maximum absolute atomic E-state index is 11.0. The van der Waals surface area contributed by atoms with E-state index in [1.807, 2.05) is 24.3 Å². The van der Waals surface area contributed by atoms with Crippen molar-refractivity contribution in [1.29, 1.82) is 0 Å². The lowest BCUT2D eigenvalue weighted by Crippen LogP contribution is -3.19. The third-order valence-electron chi connectivity index (χ3n) is 5.98. The average Bonchev–Trinajstić information content (AvgIpc) is 2.66. The SMILES string of the molecule is CC(=O)CCc1ccc(OC[C@H](O)C[NH2+]CC2([NH+](C)C)CCCCC2)cc1. The lowest BCUT2D eigenvalue weighted by molar-refractivity contribution is -0.934. The lowest BCUT2D eigenvalue weighted by Gasteiger charge is -2.38. The summed E-state index contributed by atoms with van der Waals surface area (Å²) in [6, 6.07) is 7.81. The summed E-state index contributed by atoms with van der Waals surface area (Å²) in [5, 5.41) is 12.5. The number of ether oxygens (including phenoxy) is 1. The van der Waals surface area contributed by atoms with Crippen molar-refractivity contribution in [3.63, 3.8) is 0 Å². The molecule has 5 heteroatoms. The molecule has 1 atom stereocenters. The van der Waals surface area contributed by atoms with Gasteiger partial charge in [-0.05, 0) is 43.9 Å². The van der Waals surface area contributed by atoms with Crippen LogP contribution in [-0.4, -0.2) is 56.3 Å². The van der Waals surface area contributed by atoms with Crippen LogP contribution in [-0.2, 0) is 11.2 Å². The fourth-order valence-electron chi connectivity index (χ4n) is 4.02. The number of carbonyl (C=O) groups is 1. The molecule has 1 aliphatic rings. The Labute approximate surface area is 164 Å². The fraction of sp³-hybridized carbons (Fsp3) is 0.682. The summed E-state index contributed by atoms with van der Waals surface area (Å²) in [6.45, 7) is 3.67. The van der Waals surface area contributed by atoms with Crippen LogP contribution in [0.15, 0.2) is 24.3 Å². The van der Waals surface area contributed by atoms with Crippen LogP contribution in [0.2, 0.25) is 0 Å². The van der Waals surface area contributed by atoms with Gasteiger partial charge in [0.2, 0.25) is 0 Å². The number of benzene rings is 1. The van der Waals surface area contributed by atoms with Crippen LogP contribution in [0, 0.1) is 0 Å². The molecular formula is C22H38N2O3+2. The molecule has 4 N–H and O–H groups in total. The van der Waals surface area contributed by atoms with Crippen molar-refractivity contribution in [3.8, 4) is 5.75 Å². The van der Waals surface area contributed by atoms with Gasteiger partial charge in [0.1, 0.15) is 42.9 Å². The molecule has 1 aromatic carbocycles. The highest BCUT2D eigenvalue weighted by Crippen LogP contribution is 2.24. The van der Waals surface area contributed by atoms with Gasteiger partial charge in [0.05, 0.1) is 14.1 Å². The number of likely N-dealkylation sites (N-methyl/N-ethyl adjacent to an activating group) is 1. The van der Waals surface area contributed by atoms with Crippen molar-refractivity contribution in [2.45, 2.75) is 63.5 Å². The molecule has 5 nitrogen and oxygen atoms in total. The molecule has 0 spiro atoms. The zero-order valence-electron chi connectivity index (χ0n) is 17.3. The van der Waals surface area contributed by atoms with Gasteiger partial charge in [-0.25, -0.2) is 0 Å². The standard InChI is InChI=1S/C22H36N2O3/c1-18(25)7-8-19-9-11-21(12-10-19)27-16-20(26)15-23-17-22(24(2)3)13-5-4-6-14-22/h9-12,20,23,26H,4-8,13-17H2,1-3H3/p+2/t20-/m1/s1. The minimum absolute atomic E-state index is 0.209. The Morgan fingerprint density at radius 2 is 1.89 bits per heavy atom. The van der Waals surface area contributed by atoms with Crippen molar-refractivity contribution in [2.24, 2.45) is 0 Å². The Hall–Kier alpha value is -1.43. The molecule has 0 aromatic heterocycles. The minimum atomic E-state index is -0.472. The molecule has 0 heterocycles. The summed E-state index contributed by atoms with van der Waals surface area (Å²) in [4.78, 5) is 12.6. The first-order valence-corrected chi connectivity index (χ1v) is 10.4. The highest BCUT2D eigenvalue weighted by atomic mass is 16.5. The Balaban J connectivity index is 1.69.